The van der Waals surface area contributed by atoms with Crippen LogP contribution in [0.1, 0.15) is 33.6 Å². The molecule has 92 valence electrons. The Kier molecular flexibility index (Phi) is 8.02. The molecule has 2 atom stereocenters. The van der Waals surface area contributed by atoms with Crippen molar-refractivity contribution in [2.75, 3.05) is 27.3 Å². The van der Waals surface area contributed by atoms with Gasteiger partial charge in [0, 0.05) is 25.8 Å². The van der Waals surface area contributed by atoms with Crippen molar-refractivity contribution >= 4 is 0 Å². The van der Waals surface area contributed by atoms with E-state index in [0.717, 1.165) is 26.0 Å². The van der Waals surface area contributed by atoms with Gasteiger partial charge in [-0.2, -0.15) is 0 Å². The lowest BCUT2D eigenvalue weighted by atomic mass is 10.0. The lowest BCUT2D eigenvalue weighted by Gasteiger charge is -2.26. The molecule has 0 saturated heterocycles. The smallest absolute Gasteiger partial charge is 0.0477 e. The minimum absolute atomic E-state index is 0.321. The number of nitrogens with two attached hydrogens (primary N) is 1. The van der Waals surface area contributed by atoms with Crippen molar-refractivity contribution in [2.45, 2.75) is 45.7 Å². The first-order valence-electron chi connectivity index (χ1n) is 5.93. The number of nitrogens with zero attached hydrogens (tertiary/aromatic N) is 1. The first-order valence-corrected chi connectivity index (χ1v) is 5.93. The Balaban J connectivity index is 3.67. The minimum atomic E-state index is 0.321. The maximum Gasteiger partial charge on any atom is 0.0477 e. The zero-order chi connectivity index (χ0) is 11.8. The Hall–Kier alpha value is -0.120. The normalized spacial score (nSPS) is 16.0. The third-order valence-electron chi connectivity index (χ3n) is 3.16. The monoisotopic (exact) mass is 216 g/mol. The molecule has 0 spiro atoms. The average molecular weight is 216 g/mol. The van der Waals surface area contributed by atoms with Crippen LogP contribution < -0.4 is 5.73 Å². The highest BCUT2D eigenvalue weighted by molar-refractivity contribution is 4.70. The largest absolute Gasteiger partial charge is 0.385 e. The molecule has 0 aliphatic heterocycles. The zero-order valence-electron chi connectivity index (χ0n) is 11.0. The number of methoxy groups -OCH3 is 1. The van der Waals surface area contributed by atoms with Crippen molar-refractivity contribution in [3.63, 3.8) is 0 Å². The van der Waals surface area contributed by atoms with Crippen molar-refractivity contribution in [3.8, 4) is 0 Å². The summed E-state index contributed by atoms with van der Waals surface area (Å²) < 4.78 is 5.08. The number of ether oxygens (including phenoxy) is 1. The molecule has 0 aliphatic rings. The first-order chi connectivity index (χ1) is 6.99. The van der Waals surface area contributed by atoms with Gasteiger partial charge in [0.25, 0.3) is 0 Å². The van der Waals surface area contributed by atoms with Gasteiger partial charge < -0.3 is 15.4 Å². The van der Waals surface area contributed by atoms with Crippen LogP contribution in [0.25, 0.3) is 0 Å². The van der Waals surface area contributed by atoms with Gasteiger partial charge in [-0.15, -0.1) is 0 Å². The van der Waals surface area contributed by atoms with Crippen LogP contribution in [0, 0.1) is 5.92 Å². The predicted octanol–water partition coefficient (Wildman–Crippen LogP) is 1.72. The van der Waals surface area contributed by atoms with E-state index < -0.39 is 0 Å². The molecule has 0 aromatic rings. The SMILES string of the molecule is COCCC(C)N(C)CCC(N)C(C)C. The van der Waals surface area contributed by atoms with Gasteiger partial charge in [-0.3, -0.25) is 0 Å². The van der Waals surface area contributed by atoms with E-state index >= 15 is 0 Å². The van der Waals surface area contributed by atoms with Gasteiger partial charge in [0.1, 0.15) is 0 Å². The summed E-state index contributed by atoms with van der Waals surface area (Å²) in [7, 11) is 3.91. The standard InChI is InChI=1S/C12H28N2O/c1-10(2)12(13)6-8-14(4)11(3)7-9-15-5/h10-12H,6-9,13H2,1-5H3. The van der Waals surface area contributed by atoms with E-state index in [1.807, 2.05) is 0 Å². The quantitative estimate of drug-likeness (QED) is 0.671. The summed E-state index contributed by atoms with van der Waals surface area (Å²) in [6.45, 7) is 8.50. The van der Waals surface area contributed by atoms with Gasteiger partial charge in [0.2, 0.25) is 0 Å². The average Bonchev–Trinajstić information content (AvgIpc) is 2.21. The molecule has 0 bridgehead atoms. The molecule has 0 saturated carbocycles. The zero-order valence-corrected chi connectivity index (χ0v) is 11.0. The van der Waals surface area contributed by atoms with Gasteiger partial charge in [-0.1, -0.05) is 13.8 Å². The highest BCUT2D eigenvalue weighted by Crippen LogP contribution is 2.07. The fraction of sp³-hybridized carbons (Fsp3) is 1.00. The summed E-state index contributed by atoms with van der Waals surface area (Å²) in [4.78, 5) is 2.36. The van der Waals surface area contributed by atoms with E-state index in [0.29, 0.717) is 18.0 Å². The van der Waals surface area contributed by atoms with E-state index in [2.05, 4.69) is 32.7 Å². The molecule has 15 heavy (non-hydrogen) atoms. The summed E-state index contributed by atoms with van der Waals surface area (Å²) in [5.41, 5.74) is 6.01. The molecule has 2 N–H and O–H groups in total. The predicted molar refractivity (Wildman–Crippen MR) is 66.0 cm³/mol. The summed E-state index contributed by atoms with van der Waals surface area (Å²) >= 11 is 0. The van der Waals surface area contributed by atoms with Gasteiger partial charge in [0.15, 0.2) is 0 Å². The number of hydrogen-bond acceptors (Lipinski definition) is 3. The fourth-order valence-corrected chi connectivity index (χ4v) is 1.42. The third-order valence-corrected chi connectivity index (χ3v) is 3.16. The van der Waals surface area contributed by atoms with Gasteiger partial charge in [0.05, 0.1) is 0 Å². The molecule has 0 rings (SSSR count). The van der Waals surface area contributed by atoms with Crippen molar-refractivity contribution in [1.82, 2.24) is 4.90 Å². The van der Waals surface area contributed by atoms with E-state index in [1.165, 1.54) is 0 Å². The molecule has 0 aromatic heterocycles. The van der Waals surface area contributed by atoms with Crippen LogP contribution >= 0.6 is 0 Å². The number of hydrogen-bond donors (Lipinski definition) is 1. The van der Waals surface area contributed by atoms with Crippen LogP contribution in [0.15, 0.2) is 0 Å². The molecule has 3 nitrogen and oxygen atoms in total. The Morgan fingerprint density at radius 3 is 2.27 bits per heavy atom. The van der Waals surface area contributed by atoms with Crippen molar-refractivity contribution in [2.24, 2.45) is 11.7 Å². The number of rotatable bonds is 8. The molecule has 2 unspecified atom stereocenters. The molecular weight excluding hydrogens is 188 g/mol. The summed E-state index contributed by atoms with van der Waals surface area (Å²) in [5, 5.41) is 0. The Labute approximate surface area is 95.0 Å². The van der Waals surface area contributed by atoms with Crippen LogP contribution in [0.3, 0.4) is 0 Å². The Morgan fingerprint density at radius 2 is 1.80 bits per heavy atom. The fourth-order valence-electron chi connectivity index (χ4n) is 1.42. The van der Waals surface area contributed by atoms with E-state index in [9.17, 15) is 0 Å². The molecule has 0 aromatic carbocycles. The van der Waals surface area contributed by atoms with E-state index in [1.54, 1.807) is 7.11 Å². The second kappa shape index (κ2) is 8.08. The van der Waals surface area contributed by atoms with Crippen molar-refractivity contribution < 1.29 is 4.74 Å². The second-order valence-electron chi connectivity index (χ2n) is 4.81. The van der Waals surface area contributed by atoms with Crippen LogP contribution in [-0.2, 0) is 4.74 Å². The summed E-state index contributed by atoms with van der Waals surface area (Å²) in [5.74, 6) is 0.577. The van der Waals surface area contributed by atoms with Crippen LogP contribution in [0.2, 0.25) is 0 Å². The van der Waals surface area contributed by atoms with E-state index in [-0.39, 0.29) is 0 Å². The lowest BCUT2D eigenvalue weighted by Crippen LogP contribution is -2.36. The molecular formula is C12H28N2O. The molecule has 0 heterocycles. The van der Waals surface area contributed by atoms with Gasteiger partial charge in [-0.05, 0) is 39.3 Å². The van der Waals surface area contributed by atoms with Gasteiger partial charge in [-0.25, -0.2) is 0 Å². The minimum Gasteiger partial charge on any atom is -0.385 e. The van der Waals surface area contributed by atoms with E-state index in [4.69, 9.17) is 10.5 Å². The molecule has 3 heteroatoms. The molecule has 0 radical (unpaired) electrons. The summed E-state index contributed by atoms with van der Waals surface area (Å²) in [6.07, 6.45) is 2.16. The van der Waals surface area contributed by atoms with Crippen LogP contribution in [0.5, 0.6) is 0 Å². The van der Waals surface area contributed by atoms with Crippen molar-refractivity contribution in [1.29, 1.82) is 0 Å². The Morgan fingerprint density at radius 1 is 1.20 bits per heavy atom. The Bertz CT molecular complexity index is 151. The van der Waals surface area contributed by atoms with Crippen molar-refractivity contribution in [3.05, 3.63) is 0 Å². The molecule has 0 amide bonds. The molecule has 0 fully saturated rings. The van der Waals surface area contributed by atoms with Gasteiger partial charge >= 0.3 is 0 Å². The second-order valence-corrected chi connectivity index (χ2v) is 4.81. The maximum atomic E-state index is 6.01. The first kappa shape index (κ1) is 14.9. The highest BCUT2D eigenvalue weighted by atomic mass is 16.5. The highest BCUT2D eigenvalue weighted by Gasteiger charge is 2.12. The maximum absolute atomic E-state index is 6.01. The van der Waals surface area contributed by atoms with Crippen LogP contribution in [-0.4, -0.2) is 44.3 Å². The molecule has 0 aliphatic carbocycles. The topological polar surface area (TPSA) is 38.5 Å². The van der Waals surface area contributed by atoms with Crippen LogP contribution in [0.4, 0.5) is 0 Å². The third kappa shape index (κ3) is 6.88. The lowest BCUT2D eigenvalue weighted by molar-refractivity contribution is 0.150. The summed E-state index contributed by atoms with van der Waals surface area (Å²) in [6, 6.07) is 0.895.